The lowest BCUT2D eigenvalue weighted by atomic mass is 9.94. The predicted molar refractivity (Wildman–Crippen MR) is 63.7 cm³/mol. The van der Waals surface area contributed by atoms with Crippen LogP contribution in [0.1, 0.15) is 59.8 Å². The third-order valence-corrected chi connectivity index (χ3v) is 2.61. The summed E-state index contributed by atoms with van der Waals surface area (Å²) in [6.45, 7) is 11.8. The van der Waals surface area contributed by atoms with Gasteiger partial charge in [0.05, 0.1) is 0 Å². The van der Waals surface area contributed by atoms with Crippen LogP contribution in [0.3, 0.4) is 0 Å². The Morgan fingerprint density at radius 2 is 1.67 bits per heavy atom. The third-order valence-electron chi connectivity index (χ3n) is 2.61. The van der Waals surface area contributed by atoms with Gasteiger partial charge in [-0.05, 0) is 26.2 Å². The highest BCUT2D eigenvalue weighted by molar-refractivity contribution is 5.87. The minimum absolute atomic E-state index is 0.234. The Kier molecular flexibility index (Phi) is 6.30. The van der Waals surface area contributed by atoms with Crippen LogP contribution in [-0.2, 0) is 9.53 Å². The van der Waals surface area contributed by atoms with Gasteiger partial charge in [-0.3, -0.25) is 0 Å². The van der Waals surface area contributed by atoms with Crippen LogP contribution in [-0.4, -0.2) is 11.6 Å². The van der Waals surface area contributed by atoms with E-state index in [-0.39, 0.29) is 11.6 Å². The predicted octanol–water partition coefficient (Wildman–Crippen LogP) is 3.85. The summed E-state index contributed by atoms with van der Waals surface area (Å²) in [7, 11) is 0. The molecule has 0 aliphatic rings. The van der Waals surface area contributed by atoms with Crippen LogP contribution in [0.5, 0.6) is 0 Å². The largest absolute Gasteiger partial charge is 0.456 e. The van der Waals surface area contributed by atoms with Crippen LogP contribution in [0.2, 0.25) is 0 Å². The van der Waals surface area contributed by atoms with Gasteiger partial charge in [0.25, 0.3) is 0 Å². The molecule has 0 atom stereocenters. The number of carbonyl (C=O) groups excluding carboxylic acids is 1. The molecule has 0 saturated heterocycles. The number of carbonyl (C=O) groups is 1. The van der Waals surface area contributed by atoms with Crippen LogP contribution in [0, 0.1) is 0 Å². The van der Waals surface area contributed by atoms with Crippen molar-refractivity contribution >= 4 is 5.97 Å². The van der Waals surface area contributed by atoms with Crippen LogP contribution in [0.15, 0.2) is 12.2 Å². The van der Waals surface area contributed by atoms with Gasteiger partial charge in [-0.25, -0.2) is 4.79 Å². The van der Waals surface area contributed by atoms with E-state index in [4.69, 9.17) is 4.74 Å². The second-order valence-electron chi connectivity index (χ2n) is 4.30. The Morgan fingerprint density at radius 3 is 2.00 bits per heavy atom. The van der Waals surface area contributed by atoms with Gasteiger partial charge in [0, 0.05) is 5.57 Å². The molecule has 0 unspecified atom stereocenters. The molecule has 0 aromatic heterocycles. The fourth-order valence-electron chi connectivity index (χ4n) is 1.73. The second kappa shape index (κ2) is 6.65. The minimum atomic E-state index is -0.307. The van der Waals surface area contributed by atoms with Gasteiger partial charge in [-0.1, -0.05) is 40.2 Å². The molecule has 0 amide bonds. The van der Waals surface area contributed by atoms with Crippen LogP contribution in [0.25, 0.3) is 0 Å². The summed E-state index contributed by atoms with van der Waals surface area (Å²) in [6, 6.07) is 0. The molecule has 0 rings (SSSR count). The zero-order valence-corrected chi connectivity index (χ0v) is 10.6. The summed E-state index contributed by atoms with van der Waals surface area (Å²) in [5.41, 5.74) is 0.257. The molecule has 0 fully saturated rings. The van der Waals surface area contributed by atoms with Crippen molar-refractivity contribution in [3.05, 3.63) is 12.2 Å². The van der Waals surface area contributed by atoms with E-state index in [0.29, 0.717) is 12.0 Å². The Hall–Kier alpha value is -0.790. The number of ether oxygens (including phenoxy) is 1. The molecule has 0 saturated carbocycles. The van der Waals surface area contributed by atoms with E-state index in [1.807, 2.05) is 13.8 Å². The van der Waals surface area contributed by atoms with E-state index < -0.39 is 0 Å². The molecule has 2 nitrogen and oxygen atoms in total. The lowest BCUT2D eigenvalue weighted by Gasteiger charge is -2.29. The average molecular weight is 212 g/mol. The molecule has 0 radical (unpaired) electrons. The average Bonchev–Trinajstić information content (AvgIpc) is 2.16. The first-order chi connectivity index (χ1) is 6.99. The van der Waals surface area contributed by atoms with Crippen molar-refractivity contribution < 1.29 is 9.53 Å². The fraction of sp³-hybridized carbons (Fsp3) is 0.769. The summed E-state index contributed by atoms with van der Waals surface area (Å²) in [6.07, 6.45) is 4.56. The molecule has 0 aromatic carbocycles. The molecule has 88 valence electrons. The van der Waals surface area contributed by atoms with Crippen molar-refractivity contribution in [2.45, 2.75) is 65.4 Å². The smallest absolute Gasteiger partial charge is 0.333 e. The number of hydrogen-bond acceptors (Lipinski definition) is 2. The van der Waals surface area contributed by atoms with E-state index in [9.17, 15) is 4.79 Å². The monoisotopic (exact) mass is 212 g/mol. The van der Waals surface area contributed by atoms with Gasteiger partial charge >= 0.3 is 5.97 Å². The zero-order valence-electron chi connectivity index (χ0n) is 10.6. The maximum absolute atomic E-state index is 11.6. The van der Waals surface area contributed by atoms with Crippen LogP contribution in [0.4, 0.5) is 0 Å². The molecule has 2 heteroatoms. The molecule has 0 spiro atoms. The van der Waals surface area contributed by atoms with E-state index in [1.54, 1.807) is 0 Å². The van der Waals surface area contributed by atoms with Crippen molar-refractivity contribution in [1.29, 1.82) is 0 Å². The van der Waals surface area contributed by atoms with Gasteiger partial charge < -0.3 is 4.74 Å². The van der Waals surface area contributed by atoms with Crippen molar-refractivity contribution in [3.8, 4) is 0 Å². The topological polar surface area (TPSA) is 26.3 Å². The Balaban J connectivity index is 4.39. The van der Waals surface area contributed by atoms with Crippen molar-refractivity contribution in [3.63, 3.8) is 0 Å². The molecule has 0 bridgehead atoms. The van der Waals surface area contributed by atoms with Gasteiger partial charge in [-0.2, -0.15) is 0 Å². The number of rotatable bonds is 7. The maximum Gasteiger partial charge on any atom is 0.333 e. The molecule has 0 heterocycles. The van der Waals surface area contributed by atoms with Crippen molar-refractivity contribution in [2.75, 3.05) is 0 Å². The molecule has 0 N–H and O–H groups in total. The standard InChI is InChI=1S/C13H24O2/c1-6-9-13(5,10-7-2)15-12(14)11(4)8-3/h4,6-10H2,1-3,5H3. The van der Waals surface area contributed by atoms with Crippen molar-refractivity contribution in [1.82, 2.24) is 0 Å². The van der Waals surface area contributed by atoms with E-state index >= 15 is 0 Å². The molecule has 0 aromatic rings. The summed E-state index contributed by atoms with van der Waals surface area (Å²) < 4.78 is 5.53. The number of hydrogen-bond donors (Lipinski definition) is 0. The summed E-state index contributed by atoms with van der Waals surface area (Å²) in [5, 5.41) is 0. The lowest BCUT2D eigenvalue weighted by molar-refractivity contribution is -0.154. The highest BCUT2D eigenvalue weighted by Crippen LogP contribution is 2.25. The highest BCUT2D eigenvalue weighted by atomic mass is 16.6. The Labute approximate surface area is 93.7 Å². The summed E-state index contributed by atoms with van der Waals surface area (Å²) in [4.78, 5) is 11.6. The molecular formula is C13H24O2. The third kappa shape index (κ3) is 5.01. The van der Waals surface area contributed by atoms with E-state index in [2.05, 4.69) is 20.4 Å². The van der Waals surface area contributed by atoms with Crippen LogP contribution < -0.4 is 0 Å². The molecule has 15 heavy (non-hydrogen) atoms. The first-order valence-electron chi connectivity index (χ1n) is 5.90. The maximum atomic E-state index is 11.6. The normalized spacial score (nSPS) is 11.2. The highest BCUT2D eigenvalue weighted by Gasteiger charge is 2.27. The zero-order chi connectivity index (χ0) is 11.9. The first kappa shape index (κ1) is 14.2. The Morgan fingerprint density at radius 1 is 1.20 bits per heavy atom. The van der Waals surface area contributed by atoms with Gasteiger partial charge in [0.2, 0.25) is 0 Å². The number of esters is 1. The molecule has 0 aliphatic heterocycles. The van der Waals surface area contributed by atoms with Gasteiger partial charge in [0.15, 0.2) is 0 Å². The van der Waals surface area contributed by atoms with Gasteiger partial charge in [-0.15, -0.1) is 0 Å². The first-order valence-corrected chi connectivity index (χ1v) is 5.90. The fourth-order valence-corrected chi connectivity index (χ4v) is 1.73. The van der Waals surface area contributed by atoms with E-state index in [0.717, 1.165) is 25.7 Å². The van der Waals surface area contributed by atoms with Crippen molar-refractivity contribution in [2.24, 2.45) is 0 Å². The van der Waals surface area contributed by atoms with Crippen LogP contribution >= 0.6 is 0 Å². The summed E-state index contributed by atoms with van der Waals surface area (Å²) in [5.74, 6) is -0.234. The Bertz CT molecular complexity index is 213. The van der Waals surface area contributed by atoms with E-state index in [1.165, 1.54) is 0 Å². The minimum Gasteiger partial charge on any atom is -0.456 e. The quantitative estimate of drug-likeness (QED) is 0.473. The van der Waals surface area contributed by atoms with Gasteiger partial charge in [0.1, 0.15) is 5.60 Å². The molecule has 0 aliphatic carbocycles. The lowest BCUT2D eigenvalue weighted by Crippen LogP contribution is -2.32. The SMILES string of the molecule is C=C(CC)C(=O)OC(C)(CCC)CCC. The second-order valence-corrected chi connectivity index (χ2v) is 4.30. The summed E-state index contributed by atoms with van der Waals surface area (Å²) >= 11 is 0. The molecular weight excluding hydrogens is 188 g/mol.